The fraction of sp³-hybridized carbons (Fsp3) is 0.389. The summed E-state index contributed by atoms with van der Waals surface area (Å²) in [5, 5.41) is 2.27. The van der Waals surface area contributed by atoms with Crippen LogP contribution in [0.2, 0.25) is 0 Å². The average molecular weight is 283 g/mol. The predicted octanol–water partition coefficient (Wildman–Crippen LogP) is 4.04. The number of hydrogen-bond donors (Lipinski definition) is 0. The van der Waals surface area contributed by atoms with Gasteiger partial charge < -0.3 is 9.64 Å². The number of benzene rings is 2. The van der Waals surface area contributed by atoms with Crippen LogP contribution in [-0.2, 0) is 0 Å². The highest BCUT2D eigenvalue weighted by Gasteiger charge is 2.16. The molecule has 0 atom stereocenters. The second kappa shape index (κ2) is 5.76. The van der Waals surface area contributed by atoms with Crippen LogP contribution in [0.25, 0.3) is 10.8 Å². The molecule has 1 heterocycles. The molecule has 3 heteroatoms. The zero-order valence-electron chi connectivity index (χ0n) is 12.7. The highest BCUT2D eigenvalue weighted by atomic mass is 16.5. The Bertz CT molecular complexity index is 672. The number of ether oxygens (including phenoxy) is 1. The van der Waals surface area contributed by atoms with Gasteiger partial charge in [-0.25, -0.2) is 0 Å². The first-order valence-electron chi connectivity index (χ1n) is 7.57. The summed E-state index contributed by atoms with van der Waals surface area (Å²) in [6, 6.07) is 10.1. The highest BCUT2D eigenvalue weighted by molar-refractivity contribution is 6.04. The molecule has 0 unspecified atom stereocenters. The Labute approximate surface area is 125 Å². The number of nitrogens with zero attached hydrogens (tertiary/aromatic N) is 1. The van der Waals surface area contributed by atoms with Gasteiger partial charge in [-0.1, -0.05) is 6.07 Å². The number of piperidine rings is 1. The van der Waals surface area contributed by atoms with Crippen LogP contribution in [0.3, 0.4) is 0 Å². The van der Waals surface area contributed by atoms with Crippen LogP contribution in [0.1, 0.15) is 36.5 Å². The van der Waals surface area contributed by atoms with E-state index >= 15 is 0 Å². The molecule has 2 aromatic carbocycles. The number of carbonyl (C=O) groups is 1. The first-order chi connectivity index (χ1) is 10.2. The molecule has 3 rings (SSSR count). The summed E-state index contributed by atoms with van der Waals surface area (Å²) in [5.41, 5.74) is 1.95. The van der Waals surface area contributed by atoms with Gasteiger partial charge in [0.15, 0.2) is 5.78 Å². The van der Waals surface area contributed by atoms with Gasteiger partial charge in [-0.15, -0.1) is 0 Å². The lowest BCUT2D eigenvalue weighted by Crippen LogP contribution is -2.29. The van der Waals surface area contributed by atoms with Gasteiger partial charge in [0.1, 0.15) is 5.75 Å². The Kier molecular flexibility index (Phi) is 3.82. The van der Waals surface area contributed by atoms with E-state index in [9.17, 15) is 4.79 Å². The van der Waals surface area contributed by atoms with Crippen LogP contribution in [0, 0.1) is 0 Å². The zero-order valence-corrected chi connectivity index (χ0v) is 12.7. The van der Waals surface area contributed by atoms with Crippen molar-refractivity contribution in [2.75, 3.05) is 25.1 Å². The number of hydrogen-bond acceptors (Lipinski definition) is 3. The quantitative estimate of drug-likeness (QED) is 0.796. The van der Waals surface area contributed by atoms with Gasteiger partial charge in [0, 0.05) is 29.7 Å². The van der Waals surface area contributed by atoms with E-state index in [1.165, 1.54) is 24.6 Å². The van der Waals surface area contributed by atoms with Crippen LogP contribution in [0.4, 0.5) is 5.69 Å². The molecule has 21 heavy (non-hydrogen) atoms. The van der Waals surface area contributed by atoms with Gasteiger partial charge in [0.05, 0.1) is 7.11 Å². The van der Waals surface area contributed by atoms with E-state index in [1.807, 2.05) is 24.3 Å². The Morgan fingerprint density at radius 2 is 1.86 bits per heavy atom. The van der Waals surface area contributed by atoms with Crippen molar-refractivity contribution in [2.24, 2.45) is 0 Å². The van der Waals surface area contributed by atoms with Gasteiger partial charge in [-0.05, 0) is 55.8 Å². The number of anilines is 1. The molecule has 3 nitrogen and oxygen atoms in total. The number of rotatable bonds is 3. The lowest BCUT2D eigenvalue weighted by molar-refractivity contribution is 0.101. The van der Waals surface area contributed by atoms with Crippen LogP contribution in [0.5, 0.6) is 5.75 Å². The molecule has 0 radical (unpaired) electrons. The summed E-state index contributed by atoms with van der Waals surface area (Å²) < 4.78 is 5.36. The standard InChI is InChI=1S/C18H21NO2/c1-13(20)15-10-14-6-7-16(21-2)12-17(14)18(11-15)19-8-4-3-5-9-19/h6-7,10-12H,3-5,8-9H2,1-2H3. The van der Waals surface area contributed by atoms with Crippen molar-refractivity contribution in [2.45, 2.75) is 26.2 Å². The van der Waals surface area contributed by atoms with Crippen LogP contribution < -0.4 is 9.64 Å². The van der Waals surface area contributed by atoms with Gasteiger partial charge in [0.25, 0.3) is 0 Å². The van der Waals surface area contributed by atoms with Crippen molar-refractivity contribution >= 4 is 22.2 Å². The number of fused-ring (bicyclic) bond motifs is 1. The van der Waals surface area contributed by atoms with Crippen molar-refractivity contribution in [3.8, 4) is 5.75 Å². The van der Waals surface area contributed by atoms with E-state index in [1.54, 1.807) is 14.0 Å². The summed E-state index contributed by atoms with van der Waals surface area (Å²) >= 11 is 0. The van der Waals surface area contributed by atoms with Gasteiger partial charge in [-0.2, -0.15) is 0 Å². The Balaban J connectivity index is 2.18. The molecule has 1 fully saturated rings. The average Bonchev–Trinajstić information content (AvgIpc) is 2.54. The molecule has 0 aliphatic carbocycles. The van der Waals surface area contributed by atoms with Crippen molar-refractivity contribution in [3.05, 3.63) is 35.9 Å². The van der Waals surface area contributed by atoms with E-state index in [0.717, 1.165) is 35.5 Å². The summed E-state index contributed by atoms with van der Waals surface area (Å²) in [5.74, 6) is 0.974. The largest absolute Gasteiger partial charge is 0.497 e. The van der Waals surface area contributed by atoms with Crippen molar-refractivity contribution in [1.29, 1.82) is 0 Å². The Morgan fingerprint density at radius 1 is 1.10 bits per heavy atom. The Hall–Kier alpha value is -2.03. The smallest absolute Gasteiger partial charge is 0.159 e. The molecule has 1 aliphatic heterocycles. The molecule has 0 aromatic heterocycles. The first kappa shape index (κ1) is 13.9. The highest BCUT2D eigenvalue weighted by Crippen LogP contribution is 2.33. The maximum Gasteiger partial charge on any atom is 0.159 e. The minimum Gasteiger partial charge on any atom is -0.497 e. The van der Waals surface area contributed by atoms with Crippen LogP contribution in [0.15, 0.2) is 30.3 Å². The zero-order chi connectivity index (χ0) is 14.8. The normalized spacial score (nSPS) is 15.2. The summed E-state index contributed by atoms with van der Waals surface area (Å²) in [6.45, 7) is 3.76. The number of methoxy groups -OCH3 is 1. The second-order valence-corrected chi connectivity index (χ2v) is 5.69. The molecular weight excluding hydrogens is 262 g/mol. The number of carbonyl (C=O) groups excluding carboxylic acids is 1. The molecule has 0 spiro atoms. The van der Waals surface area contributed by atoms with E-state index < -0.39 is 0 Å². The van der Waals surface area contributed by atoms with E-state index in [2.05, 4.69) is 11.0 Å². The molecule has 2 aromatic rings. The third-order valence-electron chi connectivity index (χ3n) is 4.24. The second-order valence-electron chi connectivity index (χ2n) is 5.69. The number of ketones is 1. The molecule has 0 saturated carbocycles. The van der Waals surface area contributed by atoms with Crippen molar-refractivity contribution < 1.29 is 9.53 Å². The maximum atomic E-state index is 11.8. The monoisotopic (exact) mass is 283 g/mol. The van der Waals surface area contributed by atoms with Gasteiger partial charge >= 0.3 is 0 Å². The van der Waals surface area contributed by atoms with E-state index in [0.29, 0.717) is 0 Å². The fourth-order valence-corrected chi connectivity index (χ4v) is 3.04. The molecule has 1 aliphatic rings. The van der Waals surface area contributed by atoms with Crippen molar-refractivity contribution in [3.63, 3.8) is 0 Å². The Morgan fingerprint density at radius 3 is 2.52 bits per heavy atom. The van der Waals surface area contributed by atoms with E-state index in [-0.39, 0.29) is 5.78 Å². The van der Waals surface area contributed by atoms with Crippen molar-refractivity contribution in [1.82, 2.24) is 0 Å². The molecule has 1 saturated heterocycles. The molecule has 110 valence electrons. The van der Waals surface area contributed by atoms with Gasteiger partial charge in [0.2, 0.25) is 0 Å². The minimum atomic E-state index is 0.117. The summed E-state index contributed by atoms with van der Waals surface area (Å²) in [7, 11) is 1.69. The minimum absolute atomic E-state index is 0.117. The predicted molar refractivity (Wildman–Crippen MR) is 86.6 cm³/mol. The first-order valence-corrected chi connectivity index (χ1v) is 7.57. The van der Waals surface area contributed by atoms with Crippen LogP contribution in [-0.4, -0.2) is 26.0 Å². The maximum absolute atomic E-state index is 11.8. The lowest BCUT2D eigenvalue weighted by atomic mass is 10.00. The third kappa shape index (κ3) is 2.73. The summed E-state index contributed by atoms with van der Waals surface area (Å²) in [4.78, 5) is 14.2. The SMILES string of the molecule is COc1ccc2cc(C(C)=O)cc(N3CCCCC3)c2c1. The topological polar surface area (TPSA) is 29.5 Å². The third-order valence-corrected chi connectivity index (χ3v) is 4.24. The lowest BCUT2D eigenvalue weighted by Gasteiger charge is -2.30. The molecule has 0 amide bonds. The molecule has 0 bridgehead atoms. The summed E-state index contributed by atoms with van der Waals surface area (Å²) in [6.07, 6.45) is 3.73. The molecule has 0 N–H and O–H groups in total. The van der Waals surface area contributed by atoms with E-state index in [4.69, 9.17) is 4.74 Å². The number of Topliss-reactive ketones (excluding diaryl/α,β-unsaturated/α-hetero) is 1. The van der Waals surface area contributed by atoms with Crippen LogP contribution >= 0.6 is 0 Å². The fourth-order valence-electron chi connectivity index (χ4n) is 3.04. The van der Waals surface area contributed by atoms with Gasteiger partial charge in [-0.3, -0.25) is 4.79 Å². The molecular formula is C18H21NO2.